The molecule has 2 heterocycles. The molecule has 13 heteroatoms. The first-order valence-electron chi connectivity index (χ1n) is 11.9. The molecular weight excluding hydrogens is 489 g/mol. The van der Waals surface area contributed by atoms with Crippen LogP contribution in [0, 0.1) is 5.82 Å². The quantitative estimate of drug-likeness (QED) is 0.281. The van der Waals surface area contributed by atoms with Crippen LogP contribution in [0.4, 0.5) is 14.2 Å². The van der Waals surface area contributed by atoms with E-state index in [0.717, 1.165) is 63.5 Å². The lowest BCUT2D eigenvalue weighted by Gasteiger charge is -2.27. The van der Waals surface area contributed by atoms with Gasteiger partial charge in [-0.3, -0.25) is 14.9 Å². The lowest BCUT2D eigenvalue weighted by Crippen LogP contribution is -2.44. The second-order valence-corrected chi connectivity index (χ2v) is 9.51. The Balaban J connectivity index is 1.30. The average molecular weight is 520 g/mol. The molecular formula is C23H30FN7O4S. The molecule has 0 atom stereocenters. The summed E-state index contributed by atoms with van der Waals surface area (Å²) >= 11 is 0.867. The van der Waals surface area contributed by atoms with Crippen LogP contribution >= 0.6 is 11.5 Å². The molecule has 6 N–H and O–H groups in total. The van der Waals surface area contributed by atoms with Crippen molar-refractivity contribution in [1.82, 2.24) is 25.2 Å². The molecule has 2 aromatic rings. The van der Waals surface area contributed by atoms with Gasteiger partial charge in [-0.2, -0.15) is 4.37 Å². The number of halogens is 1. The number of nitrogens with zero attached hydrogens (tertiary/aromatic N) is 2. The number of primary amides is 1. The minimum atomic E-state index is -0.809. The van der Waals surface area contributed by atoms with Crippen LogP contribution in [-0.2, 0) is 6.61 Å². The van der Waals surface area contributed by atoms with Gasteiger partial charge in [0.1, 0.15) is 23.0 Å². The zero-order valence-corrected chi connectivity index (χ0v) is 20.6. The van der Waals surface area contributed by atoms with Crippen molar-refractivity contribution in [3.63, 3.8) is 0 Å². The van der Waals surface area contributed by atoms with E-state index in [-0.39, 0.29) is 34.7 Å². The van der Waals surface area contributed by atoms with Gasteiger partial charge in [0, 0.05) is 38.8 Å². The third-order valence-electron chi connectivity index (χ3n) is 5.84. The van der Waals surface area contributed by atoms with Crippen molar-refractivity contribution in [1.29, 1.82) is 0 Å². The van der Waals surface area contributed by atoms with Gasteiger partial charge in [-0.15, -0.1) is 0 Å². The summed E-state index contributed by atoms with van der Waals surface area (Å²) < 4.78 is 23.9. The molecule has 11 nitrogen and oxygen atoms in total. The van der Waals surface area contributed by atoms with Crippen LogP contribution in [0.1, 0.15) is 45.5 Å². The number of urea groups is 1. The second-order valence-electron chi connectivity index (χ2n) is 8.73. The largest absolute Gasteiger partial charge is 0.472 e. The van der Waals surface area contributed by atoms with Crippen molar-refractivity contribution in [2.24, 2.45) is 5.73 Å². The average Bonchev–Trinajstić information content (AvgIpc) is 3.59. The van der Waals surface area contributed by atoms with Crippen LogP contribution in [0.5, 0.6) is 5.88 Å². The van der Waals surface area contributed by atoms with Crippen molar-refractivity contribution in [3.8, 4) is 5.88 Å². The molecule has 36 heavy (non-hydrogen) atoms. The zero-order valence-electron chi connectivity index (χ0n) is 19.8. The number of carbonyl (C=O) groups excluding carboxylic acids is 3. The first-order chi connectivity index (χ1) is 17.4. The molecule has 1 aromatic heterocycles. The third kappa shape index (κ3) is 7.12. The van der Waals surface area contributed by atoms with Crippen molar-refractivity contribution in [3.05, 3.63) is 40.7 Å². The molecule has 1 saturated heterocycles. The maximum absolute atomic E-state index is 14.1. The van der Waals surface area contributed by atoms with Crippen molar-refractivity contribution < 1.29 is 23.5 Å². The fourth-order valence-corrected chi connectivity index (χ4v) is 4.48. The Morgan fingerprint density at radius 2 is 2.03 bits per heavy atom. The van der Waals surface area contributed by atoms with E-state index in [1.54, 1.807) is 0 Å². The number of piperazine rings is 1. The molecule has 0 unspecified atom stereocenters. The number of hydrogen-bond acceptors (Lipinski definition) is 8. The maximum Gasteiger partial charge on any atom is 0.319 e. The molecule has 194 valence electrons. The van der Waals surface area contributed by atoms with Crippen LogP contribution < -0.4 is 31.7 Å². The predicted molar refractivity (Wildman–Crippen MR) is 133 cm³/mol. The highest BCUT2D eigenvalue weighted by molar-refractivity contribution is 7.11. The normalized spacial score (nSPS) is 15.8. The number of ether oxygens (including phenoxy) is 1. The van der Waals surface area contributed by atoms with E-state index in [0.29, 0.717) is 12.1 Å². The van der Waals surface area contributed by atoms with Gasteiger partial charge in [0.25, 0.3) is 11.8 Å². The van der Waals surface area contributed by atoms with Gasteiger partial charge in [-0.05, 0) is 55.0 Å². The van der Waals surface area contributed by atoms with E-state index in [2.05, 4.69) is 30.5 Å². The first-order valence-corrected chi connectivity index (χ1v) is 12.7. The molecule has 2 aliphatic rings. The van der Waals surface area contributed by atoms with Crippen molar-refractivity contribution >= 4 is 34.4 Å². The van der Waals surface area contributed by atoms with E-state index in [9.17, 15) is 18.8 Å². The molecule has 2 fully saturated rings. The lowest BCUT2D eigenvalue weighted by molar-refractivity contribution is 0.0945. The molecule has 1 aliphatic heterocycles. The highest BCUT2D eigenvalue weighted by Gasteiger charge is 2.26. The summed E-state index contributed by atoms with van der Waals surface area (Å²) in [5.74, 6) is -1.96. The van der Waals surface area contributed by atoms with Crippen LogP contribution in [0.2, 0.25) is 0 Å². The SMILES string of the molecule is NC(=O)c1c(OCc2ccc(F)c(C(=O)NC3CC3)c2)nsc1NC(=O)NCCCN1CCNCC1. The summed E-state index contributed by atoms with van der Waals surface area (Å²) in [6, 6.07) is 3.69. The number of nitrogens with two attached hydrogens (primary N) is 1. The summed E-state index contributed by atoms with van der Waals surface area (Å²) in [6.07, 6.45) is 2.58. The van der Waals surface area contributed by atoms with E-state index in [1.807, 2.05) is 0 Å². The first kappa shape index (κ1) is 25.8. The number of hydrogen-bond donors (Lipinski definition) is 5. The van der Waals surface area contributed by atoms with E-state index < -0.39 is 23.7 Å². The topological polar surface area (TPSA) is 151 Å². The van der Waals surface area contributed by atoms with Gasteiger partial charge >= 0.3 is 6.03 Å². The number of rotatable bonds is 11. The Bertz CT molecular complexity index is 1100. The molecule has 0 spiro atoms. The highest BCUT2D eigenvalue weighted by Crippen LogP contribution is 2.31. The Kier molecular flexibility index (Phi) is 8.67. The van der Waals surface area contributed by atoms with Gasteiger partial charge in [0.05, 0.1) is 5.56 Å². The maximum atomic E-state index is 14.1. The van der Waals surface area contributed by atoms with E-state index in [4.69, 9.17) is 10.5 Å². The molecule has 1 aromatic carbocycles. The molecule has 1 aliphatic carbocycles. The highest BCUT2D eigenvalue weighted by atomic mass is 32.1. The molecule has 0 bridgehead atoms. The minimum Gasteiger partial charge on any atom is -0.472 e. The standard InChI is InChI=1S/C23H30FN7O4S/c24-17-5-2-14(12-16(17)20(33)28-15-3-4-15)13-35-21-18(19(25)32)22(36-30-21)29-23(34)27-6-1-9-31-10-7-26-8-11-31/h2,5,12,15,26H,1,3-4,6-11,13H2,(H2,25,32)(H,28,33)(H2,27,29,34). The lowest BCUT2D eigenvalue weighted by atomic mass is 10.1. The molecule has 1 saturated carbocycles. The number of amides is 4. The van der Waals surface area contributed by atoms with Gasteiger partial charge < -0.3 is 31.3 Å². The molecule has 0 radical (unpaired) electrons. The predicted octanol–water partition coefficient (Wildman–Crippen LogP) is 1.27. The number of benzene rings is 1. The Morgan fingerprint density at radius 3 is 2.75 bits per heavy atom. The second kappa shape index (κ2) is 12.1. The Morgan fingerprint density at radius 1 is 1.25 bits per heavy atom. The monoisotopic (exact) mass is 519 g/mol. The Hall–Kier alpha value is -3.29. The number of aromatic nitrogens is 1. The minimum absolute atomic E-state index is 0.0465. The van der Waals surface area contributed by atoms with Crippen LogP contribution in [0.15, 0.2) is 18.2 Å². The van der Waals surface area contributed by atoms with Gasteiger partial charge in [-0.1, -0.05) is 6.07 Å². The van der Waals surface area contributed by atoms with E-state index >= 15 is 0 Å². The van der Waals surface area contributed by atoms with Crippen LogP contribution in [-0.4, -0.2) is 72.4 Å². The van der Waals surface area contributed by atoms with Crippen LogP contribution in [0.3, 0.4) is 0 Å². The van der Waals surface area contributed by atoms with E-state index in [1.165, 1.54) is 18.2 Å². The molecule has 4 amide bonds. The number of carbonyl (C=O) groups is 3. The third-order valence-corrected chi connectivity index (χ3v) is 6.59. The Labute approximate surface area is 212 Å². The zero-order chi connectivity index (χ0) is 25.5. The van der Waals surface area contributed by atoms with Gasteiger partial charge in [-0.25, -0.2) is 9.18 Å². The summed E-state index contributed by atoms with van der Waals surface area (Å²) in [5.41, 5.74) is 5.89. The molecule has 4 rings (SSSR count). The smallest absolute Gasteiger partial charge is 0.319 e. The number of anilines is 1. The summed E-state index contributed by atoms with van der Waals surface area (Å²) in [6.45, 7) is 5.21. The van der Waals surface area contributed by atoms with Crippen molar-refractivity contribution in [2.45, 2.75) is 31.9 Å². The number of nitrogens with one attached hydrogen (secondary N) is 4. The fraction of sp³-hybridized carbons (Fsp3) is 0.478. The van der Waals surface area contributed by atoms with Crippen molar-refractivity contribution in [2.75, 3.05) is 44.6 Å². The fourth-order valence-electron chi connectivity index (χ4n) is 3.74. The van der Waals surface area contributed by atoms with Crippen LogP contribution in [0.25, 0.3) is 0 Å². The summed E-state index contributed by atoms with van der Waals surface area (Å²) in [4.78, 5) is 38.9. The van der Waals surface area contributed by atoms with Gasteiger partial charge in [0.2, 0.25) is 5.88 Å². The summed E-state index contributed by atoms with van der Waals surface area (Å²) in [5, 5.41) is 11.6. The summed E-state index contributed by atoms with van der Waals surface area (Å²) in [7, 11) is 0. The van der Waals surface area contributed by atoms with Gasteiger partial charge in [0.15, 0.2) is 0 Å².